The van der Waals surface area contributed by atoms with Gasteiger partial charge < -0.3 is 15.5 Å². The number of hydrogen-bond acceptors (Lipinski definition) is 3. The van der Waals surface area contributed by atoms with Crippen molar-refractivity contribution in [2.24, 2.45) is 5.73 Å². The van der Waals surface area contributed by atoms with Gasteiger partial charge in [-0.15, -0.1) is 12.4 Å². The smallest absolute Gasteiger partial charge is 0.287 e. The molecule has 0 bridgehead atoms. The molecule has 0 spiro atoms. The molecule has 0 atom stereocenters. The Morgan fingerprint density at radius 2 is 2.00 bits per heavy atom. The van der Waals surface area contributed by atoms with E-state index in [0.29, 0.717) is 12.3 Å². The van der Waals surface area contributed by atoms with E-state index in [2.05, 4.69) is 5.32 Å². The number of fused-ring (bicyclic) bond motifs is 1. The molecule has 1 heterocycles. The lowest BCUT2D eigenvalue weighted by atomic mass is 10.1. The minimum Gasteiger partial charge on any atom is -0.450 e. The number of furan rings is 1. The van der Waals surface area contributed by atoms with Crippen molar-refractivity contribution >= 4 is 29.3 Å². The number of benzene rings is 1. The van der Waals surface area contributed by atoms with Gasteiger partial charge in [-0.25, -0.2) is 0 Å². The van der Waals surface area contributed by atoms with Gasteiger partial charge in [-0.2, -0.15) is 0 Å². The van der Waals surface area contributed by atoms with Crippen LogP contribution in [0.4, 0.5) is 0 Å². The van der Waals surface area contributed by atoms with Crippen molar-refractivity contribution in [2.45, 2.75) is 33.2 Å². The first-order valence-corrected chi connectivity index (χ1v) is 6.35. The molecule has 0 fully saturated rings. The van der Waals surface area contributed by atoms with Crippen LogP contribution in [0.25, 0.3) is 11.0 Å². The molecule has 1 amide bonds. The van der Waals surface area contributed by atoms with E-state index >= 15 is 0 Å². The first-order valence-electron chi connectivity index (χ1n) is 6.35. The first kappa shape index (κ1) is 16.5. The third-order valence-corrected chi connectivity index (χ3v) is 3.07. The summed E-state index contributed by atoms with van der Waals surface area (Å²) in [5, 5.41) is 3.79. The zero-order valence-electron chi connectivity index (χ0n) is 12.2. The second-order valence-electron chi connectivity index (χ2n) is 5.68. The molecule has 0 saturated carbocycles. The van der Waals surface area contributed by atoms with E-state index < -0.39 is 5.54 Å². The van der Waals surface area contributed by atoms with Crippen LogP contribution >= 0.6 is 12.4 Å². The van der Waals surface area contributed by atoms with Crippen molar-refractivity contribution in [2.75, 3.05) is 6.54 Å². The highest BCUT2D eigenvalue weighted by Crippen LogP contribution is 2.27. The van der Waals surface area contributed by atoms with Crippen molar-refractivity contribution in [3.63, 3.8) is 0 Å². The van der Waals surface area contributed by atoms with Crippen molar-refractivity contribution in [1.29, 1.82) is 0 Å². The molecular weight excluding hydrogens is 276 g/mol. The summed E-state index contributed by atoms with van der Waals surface area (Å²) in [6.07, 6.45) is 0. The summed E-state index contributed by atoms with van der Waals surface area (Å²) in [6, 6.07) is 5.89. The molecule has 0 radical (unpaired) electrons. The number of carbonyl (C=O) groups excluding carboxylic acids is 1. The topological polar surface area (TPSA) is 68.3 Å². The number of rotatable bonds is 3. The van der Waals surface area contributed by atoms with E-state index in [-0.39, 0.29) is 18.3 Å². The molecule has 0 saturated heterocycles. The standard InChI is InChI=1S/C15H20N2O2.ClH/c1-9-6-5-7-11-10(2)13(19-12(9)11)14(18)17-8-15(3,4)16;/h5-7H,8,16H2,1-4H3,(H,17,18);1H. The van der Waals surface area contributed by atoms with Crippen molar-refractivity contribution < 1.29 is 9.21 Å². The predicted molar refractivity (Wildman–Crippen MR) is 83.5 cm³/mol. The second-order valence-corrected chi connectivity index (χ2v) is 5.68. The van der Waals surface area contributed by atoms with E-state index in [0.717, 1.165) is 22.1 Å². The number of aryl methyl sites for hydroxylation is 2. The lowest BCUT2D eigenvalue weighted by Gasteiger charge is -2.18. The molecule has 5 heteroatoms. The Kier molecular flexibility index (Phi) is 4.84. The van der Waals surface area contributed by atoms with Crippen LogP contribution < -0.4 is 11.1 Å². The van der Waals surface area contributed by atoms with Crippen LogP contribution in [0.3, 0.4) is 0 Å². The fourth-order valence-electron chi connectivity index (χ4n) is 1.99. The van der Waals surface area contributed by atoms with E-state index in [9.17, 15) is 4.79 Å². The number of halogens is 1. The SMILES string of the molecule is Cc1c(C(=O)NCC(C)(C)N)oc2c(C)cccc12.Cl. The van der Waals surface area contributed by atoms with Crippen LogP contribution in [0.2, 0.25) is 0 Å². The monoisotopic (exact) mass is 296 g/mol. The molecule has 1 aromatic carbocycles. The number of nitrogens with one attached hydrogen (secondary N) is 1. The summed E-state index contributed by atoms with van der Waals surface area (Å²) in [6.45, 7) is 8.00. The zero-order chi connectivity index (χ0) is 14.2. The van der Waals surface area contributed by atoms with Gasteiger partial charge in [0.1, 0.15) is 5.58 Å². The Balaban J connectivity index is 0.00000200. The maximum absolute atomic E-state index is 12.1. The Morgan fingerprint density at radius 1 is 1.35 bits per heavy atom. The lowest BCUT2D eigenvalue weighted by molar-refractivity contribution is 0.0919. The molecule has 20 heavy (non-hydrogen) atoms. The van der Waals surface area contributed by atoms with Gasteiger partial charge >= 0.3 is 0 Å². The van der Waals surface area contributed by atoms with E-state index in [1.165, 1.54) is 0 Å². The molecule has 0 unspecified atom stereocenters. The minimum absolute atomic E-state index is 0. The molecule has 0 aliphatic rings. The van der Waals surface area contributed by atoms with Gasteiger partial charge in [0.25, 0.3) is 5.91 Å². The summed E-state index contributed by atoms with van der Waals surface area (Å²) in [5.41, 5.74) is 8.08. The highest BCUT2D eigenvalue weighted by molar-refractivity contribution is 5.99. The molecular formula is C15H21ClN2O2. The molecule has 2 rings (SSSR count). The van der Waals surface area contributed by atoms with Gasteiger partial charge in [-0.1, -0.05) is 18.2 Å². The average molecular weight is 297 g/mol. The fraction of sp³-hybridized carbons (Fsp3) is 0.400. The summed E-state index contributed by atoms with van der Waals surface area (Å²) < 4.78 is 5.70. The number of amides is 1. The van der Waals surface area contributed by atoms with Crippen molar-refractivity contribution in [1.82, 2.24) is 5.32 Å². The van der Waals surface area contributed by atoms with Crippen LogP contribution in [-0.2, 0) is 0 Å². The number of carbonyl (C=O) groups is 1. The van der Waals surface area contributed by atoms with Gasteiger partial charge in [0.2, 0.25) is 0 Å². The van der Waals surface area contributed by atoms with Crippen molar-refractivity contribution in [3.8, 4) is 0 Å². The predicted octanol–water partition coefficient (Wildman–Crippen LogP) is 2.94. The van der Waals surface area contributed by atoms with Crippen LogP contribution in [0, 0.1) is 13.8 Å². The molecule has 3 N–H and O–H groups in total. The first-order chi connectivity index (χ1) is 8.79. The summed E-state index contributed by atoms with van der Waals surface area (Å²) in [5.74, 6) is 0.153. The molecule has 0 aliphatic heterocycles. The third-order valence-electron chi connectivity index (χ3n) is 3.07. The van der Waals surface area contributed by atoms with E-state index in [1.807, 2.05) is 45.9 Å². The molecule has 1 aromatic heterocycles. The Bertz CT molecular complexity index is 627. The summed E-state index contributed by atoms with van der Waals surface area (Å²) in [7, 11) is 0. The van der Waals surface area contributed by atoms with Crippen LogP contribution in [0.5, 0.6) is 0 Å². The highest BCUT2D eigenvalue weighted by Gasteiger charge is 2.20. The van der Waals surface area contributed by atoms with Gasteiger partial charge in [0.15, 0.2) is 5.76 Å². The third kappa shape index (κ3) is 3.32. The highest BCUT2D eigenvalue weighted by atomic mass is 35.5. The molecule has 110 valence electrons. The Hall–Kier alpha value is -1.52. The molecule has 2 aromatic rings. The van der Waals surface area contributed by atoms with E-state index in [4.69, 9.17) is 10.2 Å². The molecule has 0 aliphatic carbocycles. The van der Waals surface area contributed by atoms with Crippen molar-refractivity contribution in [3.05, 3.63) is 35.1 Å². The zero-order valence-corrected chi connectivity index (χ0v) is 13.1. The van der Waals surface area contributed by atoms with Crippen LogP contribution in [-0.4, -0.2) is 18.0 Å². The number of hydrogen-bond donors (Lipinski definition) is 2. The van der Waals surface area contributed by atoms with Gasteiger partial charge in [0.05, 0.1) is 0 Å². The van der Waals surface area contributed by atoms with Gasteiger partial charge in [0, 0.05) is 23.0 Å². The second kappa shape index (κ2) is 5.85. The van der Waals surface area contributed by atoms with Gasteiger partial charge in [-0.05, 0) is 33.3 Å². The number of para-hydroxylation sites is 1. The fourth-order valence-corrected chi connectivity index (χ4v) is 1.99. The lowest BCUT2D eigenvalue weighted by Crippen LogP contribution is -2.45. The quantitative estimate of drug-likeness (QED) is 0.915. The Morgan fingerprint density at radius 3 is 2.55 bits per heavy atom. The average Bonchev–Trinajstić information content (AvgIpc) is 2.65. The minimum atomic E-state index is -0.439. The maximum atomic E-state index is 12.1. The largest absolute Gasteiger partial charge is 0.450 e. The Labute approximate surface area is 125 Å². The van der Waals surface area contributed by atoms with Gasteiger partial charge in [-0.3, -0.25) is 4.79 Å². The van der Waals surface area contributed by atoms with Crippen LogP contribution in [0.15, 0.2) is 22.6 Å². The van der Waals surface area contributed by atoms with E-state index in [1.54, 1.807) is 0 Å². The summed E-state index contributed by atoms with van der Waals surface area (Å²) in [4.78, 5) is 12.1. The maximum Gasteiger partial charge on any atom is 0.287 e. The summed E-state index contributed by atoms with van der Waals surface area (Å²) >= 11 is 0. The normalized spacial score (nSPS) is 11.2. The van der Waals surface area contributed by atoms with Crippen LogP contribution in [0.1, 0.15) is 35.5 Å². The number of nitrogens with two attached hydrogens (primary N) is 1. The molecule has 4 nitrogen and oxygen atoms in total.